The van der Waals surface area contributed by atoms with E-state index in [1.807, 2.05) is 18.4 Å². The van der Waals surface area contributed by atoms with E-state index >= 15 is 0 Å². The van der Waals surface area contributed by atoms with Gasteiger partial charge in [-0.1, -0.05) is 18.3 Å². The number of aromatic amines is 1. The van der Waals surface area contributed by atoms with Crippen LogP contribution in [0.3, 0.4) is 0 Å². The quantitative estimate of drug-likeness (QED) is 0.930. The molecule has 0 aromatic carbocycles. The molecule has 2 aromatic heterocycles. The highest BCUT2D eigenvalue weighted by Crippen LogP contribution is 2.39. The van der Waals surface area contributed by atoms with Gasteiger partial charge in [0, 0.05) is 17.1 Å². The van der Waals surface area contributed by atoms with Crippen molar-refractivity contribution in [2.24, 2.45) is 0 Å². The molecule has 1 aliphatic rings. The molecule has 3 rings (SSSR count). The molecule has 0 saturated heterocycles. The monoisotopic (exact) mass is 344 g/mol. The van der Waals surface area contributed by atoms with E-state index in [0.717, 1.165) is 29.7 Å². The van der Waals surface area contributed by atoms with Crippen molar-refractivity contribution in [3.8, 4) is 0 Å². The first-order valence-electron chi connectivity index (χ1n) is 6.73. The maximum absolute atomic E-state index is 12.9. The van der Waals surface area contributed by atoms with Crippen LogP contribution in [0.1, 0.15) is 35.5 Å². The lowest BCUT2D eigenvalue weighted by Crippen LogP contribution is -2.39. The van der Waals surface area contributed by atoms with Crippen LogP contribution in [-0.2, 0) is 16.4 Å². The number of rotatable bonds is 3. The van der Waals surface area contributed by atoms with Gasteiger partial charge in [-0.15, -0.1) is 11.3 Å². The fourth-order valence-electron chi connectivity index (χ4n) is 2.83. The van der Waals surface area contributed by atoms with Gasteiger partial charge in [0.15, 0.2) is 4.21 Å². The molecule has 1 unspecified atom stereocenters. The minimum atomic E-state index is -3.63. The number of aryl methyl sites for hydroxylation is 1. The summed E-state index contributed by atoms with van der Waals surface area (Å²) in [5.74, 6) is 0. The normalized spacial score (nSPS) is 19.6. The molecule has 0 bridgehead atoms. The molecule has 1 N–H and O–H groups in total. The van der Waals surface area contributed by atoms with Crippen LogP contribution in [0.4, 0.5) is 0 Å². The van der Waals surface area contributed by atoms with Crippen LogP contribution in [0, 0.1) is 6.92 Å². The van der Waals surface area contributed by atoms with Crippen molar-refractivity contribution in [2.75, 3.05) is 6.54 Å². The number of nitrogens with zero attached hydrogens (tertiary/aromatic N) is 1. The molecule has 0 spiro atoms. The second kappa shape index (κ2) is 5.35. The molecule has 1 aliphatic heterocycles. The van der Waals surface area contributed by atoms with Gasteiger partial charge in [0.1, 0.15) is 0 Å². The number of nitrogens with one attached hydrogen (secondary N) is 1. The maximum Gasteiger partial charge on any atom is 0.305 e. The zero-order valence-electron chi connectivity index (χ0n) is 11.8. The van der Waals surface area contributed by atoms with Crippen LogP contribution in [-0.4, -0.2) is 24.3 Å². The molecule has 3 heterocycles. The lowest BCUT2D eigenvalue weighted by molar-refractivity contribution is 0.304. The molecule has 0 radical (unpaired) electrons. The molecule has 0 fully saturated rings. The fraction of sp³-hybridized carbons (Fsp3) is 0.462. The predicted octanol–water partition coefficient (Wildman–Crippen LogP) is 2.50. The predicted molar refractivity (Wildman–Crippen MR) is 84.6 cm³/mol. The molecule has 0 amide bonds. The highest BCUT2D eigenvalue weighted by molar-refractivity contribution is 7.91. The minimum absolute atomic E-state index is 0.137. The minimum Gasteiger partial charge on any atom is -0.315 e. The Balaban J connectivity index is 2.07. The highest BCUT2D eigenvalue weighted by atomic mass is 32.2. The Kier molecular flexibility index (Phi) is 3.81. The molecular weight excluding hydrogens is 328 g/mol. The first kappa shape index (κ1) is 15.0. The Bertz CT molecular complexity index is 816. The number of thiazole rings is 1. The van der Waals surface area contributed by atoms with Crippen molar-refractivity contribution in [2.45, 2.75) is 36.9 Å². The molecule has 114 valence electrons. The number of sulfonamides is 1. The van der Waals surface area contributed by atoms with E-state index in [2.05, 4.69) is 4.98 Å². The topological polar surface area (TPSA) is 70.2 Å². The summed E-state index contributed by atoms with van der Waals surface area (Å²) < 4.78 is 27.5. The van der Waals surface area contributed by atoms with Crippen LogP contribution in [0.5, 0.6) is 0 Å². The zero-order chi connectivity index (χ0) is 15.2. The van der Waals surface area contributed by atoms with Gasteiger partial charge in [0.2, 0.25) is 0 Å². The van der Waals surface area contributed by atoms with Gasteiger partial charge in [-0.05, 0) is 36.8 Å². The summed E-state index contributed by atoms with van der Waals surface area (Å²) in [5, 5.41) is 2.02. The number of thiophene rings is 1. The number of hydrogen-bond acceptors (Lipinski definition) is 5. The smallest absolute Gasteiger partial charge is 0.305 e. The summed E-state index contributed by atoms with van der Waals surface area (Å²) in [4.78, 5) is 14.9. The summed E-state index contributed by atoms with van der Waals surface area (Å²) in [5.41, 5.74) is 1.54. The van der Waals surface area contributed by atoms with Gasteiger partial charge in [0.05, 0.1) is 6.04 Å². The number of aromatic nitrogens is 1. The lowest BCUT2D eigenvalue weighted by atomic mass is 10.0. The van der Waals surface area contributed by atoms with Gasteiger partial charge in [-0.3, -0.25) is 4.79 Å². The lowest BCUT2D eigenvalue weighted by Gasteiger charge is -2.34. The van der Waals surface area contributed by atoms with Gasteiger partial charge >= 0.3 is 4.87 Å². The van der Waals surface area contributed by atoms with Crippen LogP contribution < -0.4 is 4.87 Å². The Morgan fingerprint density at radius 2 is 2.24 bits per heavy atom. The summed E-state index contributed by atoms with van der Waals surface area (Å²) in [6.07, 6.45) is 1.46. The van der Waals surface area contributed by atoms with Crippen LogP contribution in [0.2, 0.25) is 0 Å². The third kappa shape index (κ3) is 2.40. The SMILES string of the molecule is CCC1c2ccsc2CCN1S(=O)(=O)c1sc(=O)[nH]c1C. The van der Waals surface area contributed by atoms with Gasteiger partial charge in [0.25, 0.3) is 10.0 Å². The summed E-state index contributed by atoms with van der Waals surface area (Å²) >= 11 is 2.46. The van der Waals surface area contributed by atoms with Crippen molar-refractivity contribution in [1.82, 2.24) is 9.29 Å². The first-order chi connectivity index (χ1) is 9.95. The molecule has 21 heavy (non-hydrogen) atoms. The molecule has 0 aliphatic carbocycles. The van der Waals surface area contributed by atoms with Crippen LogP contribution >= 0.6 is 22.7 Å². The Hall–Kier alpha value is -0.960. The number of hydrogen-bond donors (Lipinski definition) is 1. The Morgan fingerprint density at radius 3 is 2.86 bits per heavy atom. The van der Waals surface area contributed by atoms with E-state index in [4.69, 9.17) is 0 Å². The van der Waals surface area contributed by atoms with E-state index < -0.39 is 10.0 Å². The van der Waals surface area contributed by atoms with Crippen molar-refractivity contribution < 1.29 is 8.42 Å². The second-order valence-electron chi connectivity index (χ2n) is 5.02. The van der Waals surface area contributed by atoms with E-state index in [9.17, 15) is 13.2 Å². The first-order valence-corrected chi connectivity index (χ1v) is 9.86. The molecule has 2 aromatic rings. The fourth-order valence-corrected chi connectivity index (χ4v) is 6.85. The van der Waals surface area contributed by atoms with Gasteiger partial charge in [-0.25, -0.2) is 8.42 Å². The molecule has 5 nitrogen and oxygen atoms in total. The van der Waals surface area contributed by atoms with E-state index in [1.54, 1.807) is 22.6 Å². The number of H-pyrrole nitrogens is 1. The summed E-state index contributed by atoms with van der Waals surface area (Å²) in [7, 11) is -3.63. The molecular formula is C13H16N2O3S3. The molecule has 8 heteroatoms. The highest BCUT2D eigenvalue weighted by Gasteiger charge is 2.37. The summed E-state index contributed by atoms with van der Waals surface area (Å²) in [6, 6.07) is 1.88. The average molecular weight is 344 g/mol. The largest absolute Gasteiger partial charge is 0.315 e. The van der Waals surface area contributed by atoms with Crippen LogP contribution in [0.25, 0.3) is 0 Å². The van der Waals surface area contributed by atoms with E-state index in [1.165, 1.54) is 4.88 Å². The van der Waals surface area contributed by atoms with E-state index in [-0.39, 0.29) is 15.1 Å². The average Bonchev–Trinajstić information content (AvgIpc) is 3.03. The Morgan fingerprint density at radius 1 is 1.48 bits per heavy atom. The van der Waals surface area contributed by atoms with Crippen molar-refractivity contribution in [3.05, 3.63) is 37.2 Å². The number of fused-ring (bicyclic) bond motifs is 1. The molecule has 0 saturated carbocycles. The third-order valence-corrected chi connectivity index (χ3v) is 8.24. The van der Waals surface area contributed by atoms with Crippen molar-refractivity contribution >= 4 is 32.7 Å². The molecule has 1 atom stereocenters. The van der Waals surface area contributed by atoms with Gasteiger partial charge < -0.3 is 4.98 Å². The second-order valence-corrected chi connectivity index (χ2v) is 9.09. The van der Waals surface area contributed by atoms with E-state index in [0.29, 0.717) is 12.2 Å². The van der Waals surface area contributed by atoms with Gasteiger partial charge in [-0.2, -0.15) is 4.31 Å². The maximum atomic E-state index is 12.9. The third-order valence-electron chi connectivity index (χ3n) is 3.76. The Labute approximate surface area is 131 Å². The summed E-state index contributed by atoms with van der Waals surface area (Å²) in [6.45, 7) is 4.10. The zero-order valence-corrected chi connectivity index (χ0v) is 14.2. The van der Waals surface area contributed by atoms with Crippen molar-refractivity contribution in [1.29, 1.82) is 0 Å². The van der Waals surface area contributed by atoms with Crippen molar-refractivity contribution in [3.63, 3.8) is 0 Å². The van der Waals surface area contributed by atoms with Crippen LogP contribution in [0.15, 0.2) is 20.5 Å². The standard InChI is InChI=1S/C13H16N2O3S3/c1-3-10-9-5-7-19-11(9)4-6-15(10)21(17,18)12-8(2)14-13(16)20-12/h5,7,10H,3-4,6H2,1-2H3,(H,14,16).